The summed E-state index contributed by atoms with van der Waals surface area (Å²) in [7, 11) is 1.61. The summed E-state index contributed by atoms with van der Waals surface area (Å²) in [6, 6.07) is 7.90. The number of benzene rings is 1. The number of fused-ring (bicyclic) bond motifs is 1. The number of amides is 1. The van der Waals surface area contributed by atoms with Crippen molar-refractivity contribution < 1.29 is 14.3 Å². The topological polar surface area (TPSA) is 71.3 Å². The zero-order valence-corrected chi connectivity index (χ0v) is 19.3. The van der Waals surface area contributed by atoms with Gasteiger partial charge in [0, 0.05) is 11.0 Å². The fraction of sp³-hybridized carbons (Fsp3) is 0.440. The van der Waals surface area contributed by atoms with Gasteiger partial charge in [0.2, 0.25) is 5.91 Å². The lowest BCUT2D eigenvalue weighted by Crippen LogP contribution is -2.10. The minimum absolute atomic E-state index is 0.248. The number of thiophene rings is 1. The highest BCUT2D eigenvalue weighted by atomic mass is 32.1. The molecule has 0 saturated heterocycles. The molecule has 6 heteroatoms. The number of rotatable bonds is 9. The molecule has 1 amide bonds. The van der Waals surface area contributed by atoms with E-state index in [1.807, 2.05) is 18.2 Å². The van der Waals surface area contributed by atoms with E-state index < -0.39 is 0 Å². The summed E-state index contributed by atoms with van der Waals surface area (Å²) in [5, 5.41) is 13.1. The van der Waals surface area contributed by atoms with E-state index in [2.05, 4.69) is 25.2 Å². The summed E-state index contributed by atoms with van der Waals surface area (Å²) in [6.45, 7) is 5.05. The van der Waals surface area contributed by atoms with Gasteiger partial charge in [-0.15, -0.1) is 11.3 Å². The largest absolute Gasteiger partial charge is 0.493 e. The molecule has 0 radical (unpaired) electrons. The molecule has 1 aliphatic carbocycles. The second-order valence-corrected chi connectivity index (χ2v) is 9.06. The maximum atomic E-state index is 12.5. The van der Waals surface area contributed by atoms with Crippen LogP contribution in [-0.2, 0) is 17.6 Å². The van der Waals surface area contributed by atoms with Crippen molar-refractivity contribution in [3.8, 4) is 17.6 Å². The van der Waals surface area contributed by atoms with Gasteiger partial charge in [-0.1, -0.05) is 32.8 Å². The highest BCUT2D eigenvalue weighted by Gasteiger charge is 2.24. The van der Waals surface area contributed by atoms with E-state index in [4.69, 9.17) is 9.47 Å². The molecule has 0 bridgehead atoms. The van der Waals surface area contributed by atoms with E-state index in [0.717, 1.165) is 49.7 Å². The molecule has 2 aromatic rings. The van der Waals surface area contributed by atoms with Crippen LogP contribution < -0.4 is 14.8 Å². The van der Waals surface area contributed by atoms with E-state index in [9.17, 15) is 10.1 Å². The van der Waals surface area contributed by atoms with Gasteiger partial charge in [-0.25, -0.2) is 0 Å². The van der Waals surface area contributed by atoms with Gasteiger partial charge < -0.3 is 14.8 Å². The summed E-state index contributed by atoms with van der Waals surface area (Å²) >= 11 is 1.53. The van der Waals surface area contributed by atoms with E-state index >= 15 is 0 Å². The van der Waals surface area contributed by atoms with Crippen LogP contribution in [-0.4, -0.2) is 19.6 Å². The average molecular weight is 439 g/mol. The number of unbranched alkanes of at least 4 members (excludes halogenated alkanes) is 2. The molecule has 0 aliphatic heterocycles. The van der Waals surface area contributed by atoms with E-state index in [1.165, 1.54) is 22.3 Å². The molecular weight excluding hydrogens is 408 g/mol. The molecule has 0 saturated carbocycles. The van der Waals surface area contributed by atoms with Crippen molar-refractivity contribution in [2.24, 2.45) is 5.92 Å². The third-order valence-electron chi connectivity index (χ3n) is 5.48. The predicted molar refractivity (Wildman–Crippen MR) is 126 cm³/mol. The monoisotopic (exact) mass is 438 g/mol. The van der Waals surface area contributed by atoms with Gasteiger partial charge in [-0.3, -0.25) is 4.79 Å². The first kappa shape index (κ1) is 22.9. The number of anilines is 1. The van der Waals surface area contributed by atoms with Crippen molar-refractivity contribution in [2.45, 2.75) is 52.4 Å². The molecule has 1 heterocycles. The van der Waals surface area contributed by atoms with E-state index in [1.54, 1.807) is 13.2 Å². The lowest BCUT2D eigenvalue weighted by molar-refractivity contribution is -0.111. The van der Waals surface area contributed by atoms with E-state index in [0.29, 0.717) is 34.6 Å². The Balaban J connectivity index is 1.66. The molecule has 1 N–H and O–H groups in total. The van der Waals surface area contributed by atoms with Gasteiger partial charge in [0.25, 0.3) is 0 Å². The summed E-state index contributed by atoms with van der Waals surface area (Å²) in [4.78, 5) is 13.7. The van der Waals surface area contributed by atoms with Crippen molar-refractivity contribution in [1.82, 2.24) is 0 Å². The molecule has 164 valence electrons. The molecule has 1 aliphatic rings. The number of nitriles is 1. The molecule has 31 heavy (non-hydrogen) atoms. The number of nitrogens with one attached hydrogen (secondary N) is 1. The minimum Gasteiger partial charge on any atom is -0.493 e. The molecule has 0 spiro atoms. The van der Waals surface area contributed by atoms with Crippen LogP contribution >= 0.6 is 11.3 Å². The smallest absolute Gasteiger partial charge is 0.249 e. The normalized spacial score (nSPS) is 15.4. The first-order chi connectivity index (χ1) is 15.0. The highest BCUT2D eigenvalue weighted by molar-refractivity contribution is 7.16. The Hall–Kier alpha value is -2.78. The Morgan fingerprint density at radius 1 is 1.35 bits per heavy atom. The summed E-state index contributed by atoms with van der Waals surface area (Å²) in [5.41, 5.74) is 2.58. The van der Waals surface area contributed by atoms with Gasteiger partial charge >= 0.3 is 0 Å². The Morgan fingerprint density at radius 3 is 2.94 bits per heavy atom. The predicted octanol–water partition coefficient (Wildman–Crippen LogP) is 5.97. The third-order valence-corrected chi connectivity index (χ3v) is 6.65. The Bertz CT molecular complexity index is 987. The number of nitrogens with zero attached hydrogens (tertiary/aromatic N) is 1. The number of carbonyl (C=O) groups excluding carboxylic acids is 1. The van der Waals surface area contributed by atoms with Gasteiger partial charge in [-0.05, 0) is 60.9 Å². The summed E-state index contributed by atoms with van der Waals surface area (Å²) in [6.07, 6.45) is 9.50. The van der Waals surface area contributed by atoms with Gasteiger partial charge in [0.1, 0.15) is 11.1 Å². The first-order valence-electron chi connectivity index (χ1n) is 10.9. The van der Waals surface area contributed by atoms with Crippen molar-refractivity contribution in [2.75, 3.05) is 19.0 Å². The van der Waals surface area contributed by atoms with E-state index in [-0.39, 0.29) is 5.91 Å². The molecule has 1 unspecified atom stereocenters. The van der Waals surface area contributed by atoms with Gasteiger partial charge in [-0.2, -0.15) is 5.26 Å². The molecule has 1 aromatic heterocycles. The van der Waals surface area contributed by atoms with Crippen LogP contribution in [0.4, 0.5) is 5.00 Å². The Kier molecular flexibility index (Phi) is 8.13. The fourth-order valence-corrected chi connectivity index (χ4v) is 5.09. The fourth-order valence-electron chi connectivity index (χ4n) is 3.72. The van der Waals surface area contributed by atoms with Crippen molar-refractivity contribution >= 4 is 28.3 Å². The maximum absolute atomic E-state index is 12.5. The molecule has 5 nitrogen and oxygen atoms in total. The second kappa shape index (κ2) is 11.0. The number of methoxy groups -OCH3 is 1. The van der Waals surface area contributed by atoms with Crippen molar-refractivity contribution in [1.29, 1.82) is 5.26 Å². The van der Waals surface area contributed by atoms with Crippen LogP contribution in [0, 0.1) is 17.2 Å². The van der Waals surface area contributed by atoms with Crippen molar-refractivity contribution in [3.63, 3.8) is 0 Å². The number of carbonyl (C=O) groups is 1. The van der Waals surface area contributed by atoms with Crippen LogP contribution in [0.2, 0.25) is 0 Å². The Morgan fingerprint density at radius 2 is 2.19 bits per heavy atom. The van der Waals surface area contributed by atoms with Crippen LogP contribution in [0.5, 0.6) is 11.5 Å². The summed E-state index contributed by atoms with van der Waals surface area (Å²) in [5.74, 6) is 1.72. The number of ether oxygens (including phenoxy) is 2. The Labute approximate surface area is 188 Å². The van der Waals surface area contributed by atoms with Crippen LogP contribution in [0.15, 0.2) is 24.3 Å². The number of hydrogen-bond donors (Lipinski definition) is 1. The molecular formula is C25H30N2O3S. The molecule has 0 fully saturated rings. The second-order valence-electron chi connectivity index (χ2n) is 7.96. The molecule has 1 atom stereocenters. The highest BCUT2D eigenvalue weighted by Crippen LogP contribution is 2.39. The standard InChI is InChI=1S/C25H30N2O3S/c1-4-5-6-13-30-21-11-8-18(15-22(21)29-3)9-12-24(28)27-25-20(16-26)19-10-7-17(2)14-23(19)31-25/h8-9,11-12,15,17H,4-7,10,13-14H2,1-3H3,(H,27,28). The lowest BCUT2D eigenvalue weighted by Gasteiger charge is -2.17. The lowest BCUT2D eigenvalue weighted by atomic mass is 9.89. The quantitative estimate of drug-likeness (QED) is 0.386. The van der Waals surface area contributed by atoms with Crippen LogP contribution in [0.1, 0.15) is 61.1 Å². The number of hydrogen-bond acceptors (Lipinski definition) is 5. The zero-order chi connectivity index (χ0) is 22.2. The van der Waals surface area contributed by atoms with Crippen LogP contribution in [0.3, 0.4) is 0 Å². The molecule has 3 rings (SSSR count). The zero-order valence-electron chi connectivity index (χ0n) is 18.5. The first-order valence-corrected chi connectivity index (χ1v) is 11.7. The molecule has 1 aromatic carbocycles. The SMILES string of the molecule is CCCCCOc1ccc(C=CC(=O)Nc2sc3c(c2C#N)CCC(C)C3)cc1OC. The van der Waals surface area contributed by atoms with Gasteiger partial charge in [0.15, 0.2) is 11.5 Å². The maximum Gasteiger partial charge on any atom is 0.249 e. The third kappa shape index (κ3) is 5.89. The van der Waals surface area contributed by atoms with Gasteiger partial charge in [0.05, 0.1) is 19.3 Å². The minimum atomic E-state index is -0.248. The average Bonchev–Trinajstić information content (AvgIpc) is 3.11. The van der Waals surface area contributed by atoms with Crippen molar-refractivity contribution in [3.05, 3.63) is 45.8 Å². The summed E-state index contributed by atoms with van der Waals surface area (Å²) < 4.78 is 11.2. The van der Waals surface area contributed by atoms with Crippen LogP contribution in [0.25, 0.3) is 6.08 Å².